The monoisotopic (exact) mass is 345 g/mol. The summed E-state index contributed by atoms with van der Waals surface area (Å²) in [5.41, 5.74) is 8.46. The first-order chi connectivity index (χ1) is 12.0. The van der Waals surface area contributed by atoms with Gasteiger partial charge in [-0.15, -0.1) is 0 Å². The average Bonchev–Trinajstić information content (AvgIpc) is 2.61. The summed E-state index contributed by atoms with van der Waals surface area (Å²) in [5.74, 6) is -1.28. The fourth-order valence-electron chi connectivity index (χ4n) is 2.77. The van der Waals surface area contributed by atoms with Crippen molar-refractivity contribution in [1.29, 1.82) is 0 Å². The summed E-state index contributed by atoms with van der Waals surface area (Å²) in [5, 5.41) is 9.33. The van der Waals surface area contributed by atoms with Crippen molar-refractivity contribution < 1.29 is 19.0 Å². The van der Waals surface area contributed by atoms with Crippen LogP contribution in [-0.4, -0.2) is 30.3 Å². The van der Waals surface area contributed by atoms with Gasteiger partial charge in [-0.1, -0.05) is 42.5 Å². The van der Waals surface area contributed by atoms with E-state index in [1.165, 1.54) is 6.07 Å². The Morgan fingerprint density at radius 2 is 1.88 bits per heavy atom. The maximum Gasteiger partial charge on any atom is 0.311 e. The third kappa shape index (κ3) is 5.37. The summed E-state index contributed by atoms with van der Waals surface area (Å²) in [6, 6.07) is 13.9. The maximum atomic E-state index is 13.8. The van der Waals surface area contributed by atoms with Gasteiger partial charge in [0.05, 0.1) is 19.1 Å². The van der Waals surface area contributed by atoms with Gasteiger partial charge in [0.2, 0.25) is 0 Å². The zero-order valence-corrected chi connectivity index (χ0v) is 14.3. The Morgan fingerprint density at radius 1 is 1.20 bits per heavy atom. The molecule has 4 nitrogen and oxygen atoms in total. The third-order valence-corrected chi connectivity index (χ3v) is 4.06. The van der Waals surface area contributed by atoms with Gasteiger partial charge in [-0.3, -0.25) is 4.79 Å². The van der Waals surface area contributed by atoms with E-state index in [-0.39, 0.29) is 25.1 Å². The van der Waals surface area contributed by atoms with E-state index < -0.39 is 11.9 Å². The van der Waals surface area contributed by atoms with Crippen LogP contribution < -0.4 is 5.73 Å². The lowest BCUT2D eigenvalue weighted by Crippen LogP contribution is -2.32. The third-order valence-electron chi connectivity index (χ3n) is 4.06. The van der Waals surface area contributed by atoms with Crippen molar-refractivity contribution in [3.8, 4) is 11.1 Å². The van der Waals surface area contributed by atoms with Gasteiger partial charge in [-0.2, -0.15) is 0 Å². The topological polar surface area (TPSA) is 72.5 Å². The van der Waals surface area contributed by atoms with Crippen LogP contribution in [0.2, 0.25) is 0 Å². The normalized spacial score (nSPS) is 13.3. The maximum absolute atomic E-state index is 13.8. The molecule has 0 amide bonds. The lowest BCUT2D eigenvalue weighted by Gasteiger charge is -2.18. The predicted octanol–water partition coefficient (Wildman–Crippen LogP) is 2.92. The Hall–Kier alpha value is -2.24. The molecule has 2 atom stereocenters. The summed E-state index contributed by atoms with van der Waals surface area (Å²) in [4.78, 5) is 11.7. The summed E-state index contributed by atoms with van der Waals surface area (Å²) >= 11 is 0. The first-order valence-electron chi connectivity index (χ1n) is 8.42. The van der Waals surface area contributed by atoms with E-state index in [1.54, 1.807) is 25.1 Å². The molecule has 5 heteroatoms. The quantitative estimate of drug-likeness (QED) is 0.722. The molecule has 134 valence electrons. The second-order valence-corrected chi connectivity index (χ2v) is 6.01. The molecule has 0 bridgehead atoms. The van der Waals surface area contributed by atoms with Crippen LogP contribution in [0.1, 0.15) is 18.9 Å². The van der Waals surface area contributed by atoms with Gasteiger partial charge in [-0.05, 0) is 37.0 Å². The second kappa shape index (κ2) is 9.30. The fourth-order valence-corrected chi connectivity index (χ4v) is 2.77. The van der Waals surface area contributed by atoms with Crippen molar-refractivity contribution in [2.45, 2.75) is 25.8 Å². The SMILES string of the molecule is CCOC(=O)[C@H](CO)C[C@H](N)Cc1ccc(-c2ccccc2F)cc1. The molecular formula is C20H24FNO3. The molecule has 0 aliphatic rings. The molecular weight excluding hydrogens is 321 g/mol. The molecule has 2 aromatic rings. The Bertz CT molecular complexity index is 688. The van der Waals surface area contributed by atoms with Gasteiger partial charge in [0.25, 0.3) is 0 Å². The van der Waals surface area contributed by atoms with Crippen molar-refractivity contribution in [3.05, 3.63) is 59.9 Å². The van der Waals surface area contributed by atoms with Gasteiger partial charge in [-0.25, -0.2) is 4.39 Å². The standard InChI is InChI=1S/C20H24FNO3/c1-2-25-20(24)16(13-23)12-17(22)11-14-7-9-15(10-8-14)18-5-3-4-6-19(18)21/h3-10,16-17,23H,2,11-13,22H2,1H3/t16-,17+/m0/s1. The molecule has 0 saturated heterocycles. The van der Waals surface area contributed by atoms with Crippen molar-refractivity contribution in [2.75, 3.05) is 13.2 Å². The average molecular weight is 345 g/mol. The smallest absolute Gasteiger partial charge is 0.311 e. The minimum atomic E-state index is -0.604. The number of hydrogen-bond acceptors (Lipinski definition) is 4. The molecule has 2 aromatic carbocycles. The molecule has 0 aliphatic carbocycles. The number of aliphatic hydroxyl groups excluding tert-OH is 1. The molecule has 0 saturated carbocycles. The van der Waals surface area contributed by atoms with Gasteiger partial charge >= 0.3 is 5.97 Å². The molecule has 0 unspecified atom stereocenters. The van der Waals surface area contributed by atoms with E-state index in [1.807, 2.05) is 24.3 Å². The van der Waals surface area contributed by atoms with Crippen LogP contribution in [0.4, 0.5) is 4.39 Å². The summed E-state index contributed by atoms with van der Waals surface area (Å²) < 4.78 is 18.8. The first kappa shape index (κ1) is 19.1. The van der Waals surface area contributed by atoms with Crippen LogP contribution in [0, 0.1) is 11.7 Å². The van der Waals surface area contributed by atoms with Gasteiger partial charge in [0.1, 0.15) is 5.82 Å². The number of esters is 1. The summed E-state index contributed by atoms with van der Waals surface area (Å²) in [6.07, 6.45) is 0.915. The summed E-state index contributed by atoms with van der Waals surface area (Å²) in [7, 11) is 0. The van der Waals surface area contributed by atoms with E-state index in [2.05, 4.69) is 0 Å². The zero-order chi connectivity index (χ0) is 18.2. The van der Waals surface area contributed by atoms with Crippen LogP contribution >= 0.6 is 0 Å². The van der Waals surface area contributed by atoms with Crippen LogP contribution in [0.15, 0.2) is 48.5 Å². The van der Waals surface area contributed by atoms with Crippen molar-refractivity contribution >= 4 is 5.97 Å². The second-order valence-electron chi connectivity index (χ2n) is 6.01. The minimum Gasteiger partial charge on any atom is -0.466 e. The summed E-state index contributed by atoms with van der Waals surface area (Å²) in [6.45, 7) is 1.73. The number of ether oxygens (including phenoxy) is 1. The number of carbonyl (C=O) groups is 1. The largest absolute Gasteiger partial charge is 0.466 e. The Labute approximate surface area is 147 Å². The molecule has 3 N–H and O–H groups in total. The molecule has 25 heavy (non-hydrogen) atoms. The molecule has 0 fully saturated rings. The number of rotatable bonds is 8. The predicted molar refractivity (Wildman–Crippen MR) is 95.3 cm³/mol. The number of carbonyl (C=O) groups excluding carboxylic acids is 1. The molecule has 0 radical (unpaired) electrons. The van der Waals surface area contributed by atoms with Crippen molar-refractivity contribution in [2.24, 2.45) is 11.7 Å². The van der Waals surface area contributed by atoms with Gasteiger partial charge in [0.15, 0.2) is 0 Å². The number of hydrogen-bond donors (Lipinski definition) is 2. The minimum absolute atomic E-state index is 0.257. The van der Waals surface area contributed by atoms with Crippen LogP contribution in [0.5, 0.6) is 0 Å². The highest BCUT2D eigenvalue weighted by atomic mass is 19.1. The molecule has 0 aromatic heterocycles. The molecule has 0 heterocycles. The Morgan fingerprint density at radius 3 is 2.48 bits per heavy atom. The van der Waals surface area contributed by atoms with Crippen LogP contribution in [0.25, 0.3) is 11.1 Å². The highest BCUT2D eigenvalue weighted by Crippen LogP contribution is 2.23. The highest BCUT2D eigenvalue weighted by molar-refractivity contribution is 5.72. The van der Waals surface area contributed by atoms with Crippen molar-refractivity contribution in [3.63, 3.8) is 0 Å². The van der Waals surface area contributed by atoms with E-state index in [0.717, 1.165) is 11.1 Å². The molecule has 2 rings (SSSR count). The number of nitrogens with two attached hydrogens (primary N) is 1. The molecule has 0 spiro atoms. The number of benzene rings is 2. The van der Waals surface area contributed by atoms with E-state index in [4.69, 9.17) is 10.5 Å². The van der Waals surface area contributed by atoms with Gasteiger partial charge in [0, 0.05) is 11.6 Å². The highest BCUT2D eigenvalue weighted by Gasteiger charge is 2.22. The van der Waals surface area contributed by atoms with Crippen molar-refractivity contribution in [1.82, 2.24) is 0 Å². The van der Waals surface area contributed by atoms with E-state index >= 15 is 0 Å². The molecule has 0 aliphatic heterocycles. The first-order valence-corrected chi connectivity index (χ1v) is 8.42. The van der Waals surface area contributed by atoms with E-state index in [9.17, 15) is 14.3 Å². The fraction of sp³-hybridized carbons (Fsp3) is 0.350. The van der Waals surface area contributed by atoms with Gasteiger partial charge < -0.3 is 15.6 Å². The van der Waals surface area contributed by atoms with E-state index in [0.29, 0.717) is 18.4 Å². The lowest BCUT2D eigenvalue weighted by molar-refractivity contribution is -0.149. The number of halogens is 1. The van der Waals surface area contributed by atoms with Crippen LogP contribution in [-0.2, 0) is 16.0 Å². The van der Waals surface area contributed by atoms with Crippen LogP contribution in [0.3, 0.4) is 0 Å². The lowest BCUT2D eigenvalue weighted by atomic mass is 9.95. The Kier molecular flexibility index (Phi) is 7.10. The Balaban J connectivity index is 1.98. The zero-order valence-electron chi connectivity index (χ0n) is 14.3. The number of aliphatic hydroxyl groups is 1.